The molecule has 0 aliphatic heterocycles. The molecule has 0 spiro atoms. The summed E-state index contributed by atoms with van der Waals surface area (Å²) < 4.78 is 2.27. The van der Waals surface area contributed by atoms with Crippen LogP contribution in [0.2, 0.25) is 0 Å². The summed E-state index contributed by atoms with van der Waals surface area (Å²) in [7, 11) is 0. The third-order valence-electron chi connectivity index (χ3n) is 3.01. The molecule has 2 rings (SSSR count). The summed E-state index contributed by atoms with van der Waals surface area (Å²) >= 11 is 1.95. The van der Waals surface area contributed by atoms with Crippen molar-refractivity contribution in [1.82, 2.24) is 9.55 Å². The van der Waals surface area contributed by atoms with Crippen LogP contribution in [0, 0.1) is 0 Å². The van der Waals surface area contributed by atoms with E-state index < -0.39 is 0 Å². The van der Waals surface area contributed by atoms with Gasteiger partial charge in [0.25, 0.3) is 0 Å². The van der Waals surface area contributed by atoms with Crippen LogP contribution in [0.15, 0.2) is 0 Å². The zero-order valence-electron chi connectivity index (χ0n) is 10.2. The minimum Gasteiger partial charge on any atom is -0.384 e. The maximum Gasteiger partial charge on any atom is 0.127 e. The Morgan fingerprint density at radius 3 is 2.75 bits per heavy atom. The lowest BCUT2D eigenvalue weighted by atomic mass is 10.3. The van der Waals surface area contributed by atoms with Gasteiger partial charge in [0.15, 0.2) is 0 Å². The van der Waals surface area contributed by atoms with Crippen molar-refractivity contribution in [2.24, 2.45) is 0 Å². The Labute approximate surface area is 102 Å². The summed E-state index contributed by atoms with van der Waals surface area (Å²) in [5, 5.41) is 0. The van der Waals surface area contributed by atoms with Gasteiger partial charge in [0.1, 0.15) is 11.6 Å². The predicted octanol–water partition coefficient (Wildman–Crippen LogP) is 2.66. The third kappa shape index (κ3) is 2.37. The molecule has 0 aromatic carbocycles. The number of imidazole rings is 1. The molecular formula is C12H21N3S. The van der Waals surface area contributed by atoms with Gasteiger partial charge in [-0.05, 0) is 24.3 Å². The first-order chi connectivity index (χ1) is 7.77. The van der Waals surface area contributed by atoms with E-state index in [0.717, 1.165) is 30.1 Å². The molecule has 0 saturated heterocycles. The highest BCUT2D eigenvalue weighted by Gasteiger charge is 2.28. The lowest BCUT2D eigenvalue weighted by Crippen LogP contribution is -2.05. The Morgan fingerprint density at radius 1 is 1.44 bits per heavy atom. The van der Waals surface area contributed by atoms with Crippen LogP contribution in [0.4, 0.5) is 5.82 Å². The largest absolute Gasteiger partial charge is 0.384 e. The number of nitrogens with zero attached hydrogens (tertiary/aromatic N) is 2. The molecule has 0 amide bonds. The van der Waals surface area contributed by atoms with Crippen LogP contribution < -0.4 is 5.73 Å². The number of nitrogen functional groups attached to an aromatic ring is 1. The minimum absolute atomic E-state index is 0.648. The Bertz CT molecular complexity index is 355. The number of rotatable bonds is 6. The second-order valence-electron chi connectivity index (χ2n) is 4.26. The monoisotopic (exact) mass is 239 g/mol. The number of aromatic nitrogens is 2. The fraction of sp³-hybridized carbons (Fsp3) is 0.750. The fourth-order valence-electron chi connectivity index (χ4n) is 2.03. The summed E-state index contributed by atoms with van der Waals surface area (Å²) in [5.74, 6) is 4.41. The lowest BCUT2D eigenvalue weighted by Gasteiger charge is -2.06. The summed E-state index contributed by atoms with van der Waals surface area (Å²) in [4.78, 5) is 4.69. The van der Waals surface area contributed by atoms with Crippen molar-refractivity contribution in [2.75, 3.05) is 17.2 Å². The van der Waals surface area contributed by atoms with Gasteiger partial charge in [0.2, 0.25) is 0 Å². The Hall–Kier alpha value is -0.640. The summed E-state index contributed by atoms with van der Waals surface area (Å²) in [5.41, 5.74) is 7.31. The van der Waals surface area contributed by atoms with Crippen molar-refractivity contribution in [3.8, 4) is 0 Å². The average molecular weight is 239 g/mol. The van der Waals surface area contributed by atoms with Gasteiger partial charge in [0.05, 0.1) is 5.69 Å². The van der Waals surface area contributed by atoms with Crippen LogP contribution >= 0.6 is 11.8 Å². The van der Waals surface area contributed by atoms with Crippen LogP contribution in [0.25, 0.3) is 0 Å². The van der Waals surface area contributed by atoms with E-state index in [1.54, 1.807) is 0 Å². The van der Waals surface area contributed by atoms with Crippen LogP contribution in [-0.4, -0.2) is 21.1 Å². The summed E-state index contributed by atoms with van der Waals surface area (Å²) in [6.07, 6.45) is 4.55. The maximum absolute atomic E-state index is 6.19. The zero-order valence-corrected chi connectivity index (χ0v) is 11.0. The fourth-order valence-corrected chi connectivity index (χ4v) is 2.66. The highest BCUT2D eigenvalue weighted by Crippen LogP contribution is 2.39. The number of aryl methyl sites for hydroxylation is 2. The van der Waals surface area contributed by atoms with Crippen LogP contribution in [0.3, 0.4) is 0 Å². The van der Waals surface area contributed by atoms with E-state index in [0.29, 0.717) is 6.04 Å². The molecule has 1 heterocycles. The third-order valence-corrected chi connectivity index (χ3v) is 3.91. The van der Waals surface area contributed by atoms with E-state index in [1.807, 2.05) is 11.8 Å². The van der Waals surface area contributed by atoms with Crippen LogP contribution in [0.1, 0.15) is 44.2 Å². The molecular weight excluding hydrogens is 218 g/mol. The van der Waals surface area contributed by atoms with Gasteiger partial charge in [0, 0.05) is 18.9 Å². The molecule has 1 aromatic rings. The number of thioether (sulfide) groups is 1. The average Bonchev–Trinajstić information content (AvgIpc) is 3.06. The van der Waals surface area contributed by atoms with E-state index in [2.05, 4.69) is 23.4 Å². The van der Waals surface area contributed by atoms with Gasteiger partial charge in [-0.15, -0.1) is 0 Å². The number of nitrogens with two attached hydrogens (primary N) is 1. The lowest BCUT2D eigenvalue weighted by molar-refractivity contribution is 0.696. The highest BCUT2D eigenvalue weighted by atomic mass is 32.2. The molecule has 0 radical (unpaired) electrons. The Balaban J connectivity index is 2.12. The van der Waals surface area contributed by atoms with Gasteiger partial charge < -0.3 is 10.3 Å². The SMILES string of the molecule is CCSCCc1nc(CC)n(C2CC2)c1N. The zero-order chi connectivity index (χ0) is 11.5. The summed E-state index contributed by atoms with van der Waals surface area (Å²) in [6, 6.07) is 0.648. The van der Waals surface area contributed by atoms with Crippen LogP contribution in [-0.2, 0) is 12.8 Å². The van der Waals surface area contributed by atoms with E-state index >= 15 is 0 Å². The molecule has 0 bridgehead atoms. The molecule has 1 aliphatic carbocycles. The van der Waals surface area contributed by atoms with Gasteiger partial charge in [-0.3, -0.25) is 0 Å². The van der Waals surface area contributed by atoms with Crippen LogP contribution in [0.5, 0.6) is 0 Å². The molecule has 1 aliphatic rings. The Kier molecular flexibility index (Phi) is 3.79. The molecule has 4 heteroatoms. The van der Waals surface area contributed by atoms with Gasteiger partial charge in [-0.2, -0.15) is 11.8 Å². The van der Waals surface area contributed by atoms with Crippen molar-refractivity contribution in [1.29, 1.82) is 0 Å². The van der Waals surface area contributed by atoms with Crippen molar-refractivity contribution in [2.45, 2.75) is 45.6 Å². The smallest absolute Gasteiger partial charge is 0.127 e. The molecule has 0 unspecified atom stereocenters. The number of hydrogen-bond donors (Lipinski definition) is 1. The first-order valence-corrected chi connectivity index (χ1v) is 7.36. The first kappa shape index (κ1) is 11.8. The summed E-state index contributed by atoms with van der Waals surface area (Å²) in [6.45, 7) is 4.35. The van der Waals surface area contributed by atoms with Gasteiger partial charge in [-0.1, -0.05) is 13.8 Å². The molecule has 16 heavy (non-hydrogen) atoms. The standard InChI is InChI=1S/C12H21N3S/c1-3-11-14-10(7-8-16-4-2)12(13)15(11)9-5-6-9/h9H,3-8,13H2,1-2H3. The molecule has 1 fully saturated rings. The molecule has 3 nitrogen and oxygen atoms in total. The van der Waals surface area contributed by atoms with Crippen molar-refractivity contribution < 1.29 is 0 Å². The topological polar surface area (TPSA) is 43.8 Å². The Morgan fingerprint density at radius 2 is 2.19 bits per heavy atom. The van der Waals surface area contributed by atoms with Gasteiger partial charge in [-0.25, -0.2) is 4.98 Å². The minimum atomic E-state index is 0.648. The van der Waals surface area contributed by atoms with E-state index in [1.165, 1.54) is 24.4 Å². The molecule has 1 aromatic heterocycles. The molecule has 2 N–H and O–H groups in total. The quantitative estimate of drug-likeness (QED) is 0.776. The molecule has 90 valence electrons. The molecule has 1 saturated carbocycles. The second-order valence-corrected chi connectivity index (χ2v) is 5.66. The normalized spacial score (nSPS) is 15.6. The van der Waals surface area contributed by atoms with Crippen molar-refractivity contribution in [3.05, 3.63) is 11.5 Å². The van der Waals surface area contributed by atoms with Gasteiger partial charge >= 0.3 is 0 Å². The van der Waals surface area contributed by atoms with Crippen molar-refractivity contribution >= 4 is 17.6 Å². The van der Waals surface area contributed by atoms with Crippen molar-refractivity contribution in [3.63, 3.8) is 0 Å². The first-order valence-electron chi connectivity index (χ1n) is 6.21. The van der Waals surface area contributed by atoms with E-state index in [4.69, 9.17) is 5.73 Å². The predicted molar refractivity (Wildman–Crippen MR) is 71.0 cm³/mol. The highest BCUT2D eigenvalue weighted by molar-refractivity contribution is 7.99. The molecule has 0 atom stereocenters. The van der Waals surface area contributed by atoms with E-state index in [9.17, 15) is 0 Å². The second kappa shape index (κ2) is 5.13. The van der Waals surface area contributed by atoms with E-state index in [-0.39, 0.29) is 0 Å². The maximum atomic E-state index is 6.19. The number of hydrogen-bond acceptors (Lipinski definition) is 3. The number of anilines is 1.